The Labute approximate surface area is 168 Å². The van der Waals surface area contributed by atoms with Crippen molar-refractivity contribution in [1.29, 1.82) is 0 Å². The van der Waals surface area contributed by atoms with Gasteiger partial charge in [0.15, 0.2) is 0 Å². The molecule has 6 nitrogen and oxygen atoms in total. The van der Waals surface area contributed by atoms with E-state index in [1.54, 1.807) is 0 Å². The average Bonchev–Trinajstić information content (AvgIpc) is 2.65. The van der Waals surface area contributed by atoms with Crippen LogP contribution in [0, 0.1) is 23.0 Å². The van der Waals surface area contributed by atoms with Gasteiger partial charge < -0.3 is 9.64 Å². The number of pyridine rings is 1. The first kappa shape index (κ1) is 18.9. The van der Waals surface area contributed by atoms with Crippen molar-refractivity contribution in [2.75, 3.05) is 26.2 Å². The number of hydrogen-bond acceptors (Lipinski definition) is 5. The Balaban J connectivity index is 1.11. The summed E-state index contributed by atoms with van der Waals surface area (Å²) in [7, 11) is 0. The van der Waals surface area contributed by atoms with Crippen molar-refractivity contribution in [2.45, 2.75) is 50.0 Å². The van der Waals surface area contributed by atoms with E-state index >= 15 is 0 Å². The molecule has 0 radical (unpaired) electrons. The van der Waals surface area contributed by atoms with E-state index in [1.807, 2.05) is 4.90 Å². The Morgan fingerprint density at radius 1 is 1.21 bits per heavy atom. The fourth-order valence-electron chi connectivity index (χ4n) is 5.67. The highest BCUT2D eigenvalue weighted by Gasteiger charge is 2.52. The standard InChI is InChI=1S/C21H25F2N3O3/c22-15-5-16(23)18(24-10-15)13-6-20(7-13)1-3-26(4-2-20)19(28)14-8-21(9-14)12-29-17(27)11-25-21/h5,10,13-14,25H,1-4,6-9,11-12H2. The van der Waals surface area contributed by atoms with Gasteiger partial charge in [-0.2, -0.15) is 0 Å². The molecule has 4 aliphatic rings. The van der Waals surface area contributed by atoms with Crippen LogP contribution in [0.5, 0.6) is 0 Å². The molecule has 1 aromatic heterocycles. The summed E-state index contributed by atoms with van der Waals surface area (Å²) in [6, 6.07) is 0.905. The van der Waals surface area contributed by atoms with Gasteiger partial charge in [-0.15, -0.1) is 0 Å². The van der Waals surface area contributed by atoms with E-state index in [2.05, 4.69) is 10.3 Å². The summed E-state index contributed by atoms with van der Waals surface area (Å²) in [5.74, 6) is -1.19. The zero-order valence-electron chi connectivity index (χ0n) is 16.3. The molecule has 1 aromatic rings. The Morgan fingerprint density at radius 2 is 1.93 bits per heavy atom. The maximum Gasteiger partial charge on any atom is 0.320 e. The minimum atomic E-state index is -0.647. The molecule has 2 aliphatic heterocycles. The van der Waals surface area contributed by atoms with E-state index in [-0.39, 0.29) is 41.2 Å². The molecule has 1 amide bonds. The molecule has 8 heteroatoms. The number of esters is 1. The van der Waals surface area contributed by atoms with Gasteiger partial charge in [-0.05, 0) is 43.9 Å². The number of aromatic nitrogens is 1. The van der Waals surface area contributed by atoms with E-state index < -0.39 is 11.6 Å². The number of amides is 1. The Kier molecular flexibility index (Phi) is 4.38. The first-order valence-corrected chi connectivity index (χ1v) is 10.4. The molecule has 156 valence electrons. The third-order valence-electron chi connectivity index (χ3n) is 7.46. The summed E-state index contributed by atoms with van der Waals surface area (Å²) >= 11 is 0. The number of ether oxygens (including phenoxy) is 1. The molecule has 1 N–H and O–H groups in total. The normalized spacial score (nSPS) is 26.1. The molecule has 2 saturated carbocycles. The van der Waals surface area contributed by atoms with Gasteiger partial charge in [0.25, 0.3) is 0 Å². The Bertz CT molecular complexity index is 828. The third-order valence-corrected chi connectivity index (χ3v) is 7.46. The van der Waals surface area contributed by atoms with E-state index in [4.69, 9.17) is 4.74 Å². The number of morpholine rings is 1. The molecule has 2 spiro atoms. The van der Waals surface area contributed by atoms with Crippen LogP contribution in [-0.4, -0.2) is 53.5 Å². The van der Waals surface area contributed by atoms with Crippen molar-refractivity contribution in [3.8, 4) is 0 Å². The monoisotopic (exact) mass is 405 g/mol. The van der Waals surface area contributed by atoms with E-state index in [0.717, 1.165) is 63.9 Å². The molecule has 4 fully saturated rings. The summed E-state index contributed by atoms with van der Waals surface area (Å²) in [5, 5.41) is 3.22. The number of nitrogens with one attached hydrogen (secondary N) is 1. The summed E-state index contributed by atoms with van der Waals surface area (Å²) in [5.41, 5.74) is 0.318. The first-order chi connectivity index (χ1) is 13.9. The summed E-state index contributed by atoms with van der Waals surface area (Å²) in [4.78, 5) is 30.0. The zero-order chi connectivity index (χ0) is 20.2. The quantitative estimate of drug-likeness (QED) is 0.764. The van der Waals surface area contributed by atoms with Gasteiger partial charge in [0, 0.05) is 31.0 Å². The molecule has 3 heterocycles. The molecular formula is C21H25F2N3O3. The van der Waals surface area contributed by atoms with Gasteiger partial charge in [-0.1, -0.05) is 0 Å². The van der Waals surface area contributed by atoms with Crippen LogP contribution in [0.2, 0.25) is 0 Å². The minimum absolute atomic E-state index is 0.00000199. The largest absolute Gasteiger partial charge is 0.463 e. The van der Waals surface area contributed by atoms with Crippen LogP contribution in [0.15, 0.2) is 12.3 Å². The van der Waals surface area contributed by atoms with Gasteiger partial charge in [0.1, 0.15) is 18.2 Å². The third kappa shape index (κ3) is 3.31. The van der Waals surface area contributed by atoms with Crippen LogP contribution in [0.25, 0.3) is 0 Å². The summed E-state index contributed by atoms with van der Waals surface area (Å²) < 4.78 is 32.2. The second-order valence-corrected chi connectivity index (χ2v) is 9.35. The number of rotatable bonds is 2. The highest BCUT2D eigenvalue weighted by molar-refractivity contribution is 5.81. The maximum atomic E-state index is 14.0. The predicted octanol–water partition coefficient (Wildman–Crippen LogP) is 2.14. The van der Waals surface area contributed by atoms with Crippen molar-refractivity contribution in [2.24, 2.45) is 11.3 Å². The average molecular weight is 405 g/mol. The Morgan fingerprint density at radius 3 is 2.55 bits per heavy atom. The number of likely N-dealkylation sites (tertiary alicyclic amines) is 1. The van der Waals surface area contributed by atoms with Gasteiger partial charge in [0.05, 0.1) is 24.0 Å². The number of carbonyl (C=O) groups excluding carboxylic acids is 2. The van der Waals surface area contributed by atoms with Crippen LogP contribution in [0.4, 0.5) is 8.78 Å². The van der Waals surface area contributed by atoms with Crippen molar-refractivity contribution >= 4 is 11.9 Å². The van der Waals surface area contributed by atoms with E-state index in [9.17, 15) is 18.4 Å². The van der Waals surface area contributed by atoms with E-state index in [1.165, 1.54) is 0 Å². The number of nitrogens with zero attached hydrogens (tertiary/aromatic N) is 2. The second kappa shape index (κ2) is 6.72. The van der Waals surface area contributed by atoms with E-state index in [0.29, 0.717) is 12.3 Å². The van der Waals surface area contributed by atoms with Crippen LogP contribution in [0.3, 0.4) is 0 Å². The minimum Gasteiger partial charge on any atom is -0.463 e. The van der Waals surface area contributed by atoms with Crippen molar-refractivity contribution in [3.63, 3.8) is 0 Å². The van der Waals surface area contributed by atoms with Crippen LogP contribution in [-0.2, 0) is 14.3 Å². The SMILES string of the molecule is O=C1CNC2(CO1)CC(C(=O)N1CCC3(CC1)CC(c1ncc(F)cc1F)C3)C2. The van der Waals surface area contributed by atoms with Gasteiger partial charge in [-0.25, -0.2) is 8.78 Å². The van der Waals surface area contributed by atoms with Gasteiger partial charge >= 0.3 is 5.97 Å². The summed E-state index contributed by atoms with van der Waals surface area (Å²) in [6.45, 7) is 2.04. The molecule has 29 heavy (non-hydrogen) atoms. The lowest BCUT2D eigenvalue weighted by Gasteiger charge is -2.54. The molecule has 0 bridgehead atoms. The lowest BCUT2D eigenvalue weighted by molar-refractivity contribution is -0.159. The topological polar surface area (TPSA) is 71.5 Å². The zero-order valence-corrected chi connectivity index (χ0v) is 16.3. The molecule has 0 atom stereocenters. The smallest absolute Gasteiger partial charge is 0.320 e. The van der Waals surface area contributed by atoms with Crippen LogP contribution in [0.1, 0.15) is 50.1 Å². The fourth-order valence-corrected chi connectivity index (χ4v) is 5.67. The second-order valence-electron chi connectivity index (χ2n) is 9.35. The number of carbonyl (C=O) groups is 2. The fraction of sp³-hybridized carbons (Fsp3) is 0.667. The van der Waals surface area contributed by atoms with Gasteiger partial charge in [0.2, 0.25) is 5.91 Å². The number of hydrogen-bond donors (Lipinski definition) is 1. The Hall–Kier alpha value is -2.09. The number of piperidine rings is 1. The van der Waals surface area contributed by atoms with Crippen LogP contribution < -0.4 is 5.32 Å². The molecule has 5 rings (SSSR count). The highest BCUT2D eigenvalue weighted by atomic mass is 19.1. The van der Waals surface area contributed by atoms with Crippen molar-refractivity contribution < 1.29 is 23.1 Å². The molecule has 2 aliphatic carbocycles. The lowest BCUT2D eigenvalue weighted by atomic mass is 9.56. The molecule has 2 saturated heterocycles. The van der Waals surface area contributed by atoms with Crippen molar-refractivity contribution in [3.05, 3.63) is 29.6 Å². The maximum absolute atomic E-state index is 14.0. The summed E-state index contributed by atoms with van der Waals surface area (Å²) in [6.07, 6.45) is 6.07. The molecule has 0 unspecified atom stereocenters. The highest BCUT2D eigenvalue weighted by Crippen LogP contribution is 2.56. The first-order valence-electron chi connectivity index (χ1n) is 10.4. The molecular weight excluding hydrogens is 380 g/mol. The molecule has 0 aromatic carbocycles. The predicted molar refractivity (Wildman–Crippen MR) is 98.8 cm³/mol. The number of halogens is 2. The lowest BCUT2D eigenvalue weighted by Crippen LogP contribution is -2.65. The number of cyclic esters (lactones) is 1. The van der Waals surface area contributed by atoms with Gasteiger partial charge in [-0.3, -0.25) is 19.9 Å². The van der Waals surface area contributed by atoms with Crippen molar-refractivity contribution in [1.82, 2.24) is 15.2 Å². The van der Waals surface area contributed by atoms with Crippen LogP contribution >= 0.6 is 0 Å².